The van der Waals surface area contributed by atoms with E-state index in [2.05, 4.69) is 17.2 Å². The summed E-state index contributed by atoms with van der Waals surface area (Å²) in [7, 11) is 0. The molecule has 1 heterocycles. The van der Waals surface area contributed by atoms with Crippen molar-refractivity contribution >= 4 is 22.5 Å². The molecule has 1 amide bonds. The number of aryl methyl sites for hydroxylation is 2. The second-order valence-corrected chi connectivity index (χ2v) is 6.08. The molecule has 2 aromatic carbocycles. The molecule has 25 heavy (non-hydrogen) atoms. The Morgan fingerprint density at radius 1 is 1.12 bits per heavy atom. The lowest BCUT2D eigenvalue weighted by molar-refractivity contribution is -0.122. The van der Waals surface area contributed by atoms with Crippen LogP contribution in [0.2, 0.25) is 0 Å². The van der Waals surface area contributed by atoms with Gasteiger partial charge in [-0.25, -0.2) is 0 Å². The van der Waals surface area contributed by atoms with E-state index in [0.29, 0.717) is 11.4 Å². The molecule has 0 unspecified atom stereocenters. The lowest BCUT2D eigenvalue weighted by Crippen LogP contribution is -2.30. The summed E-state index contributed by atoms with van der Waals surface area (Å²) in [5.41, 5.74) is 3.63. The Kier molecular flexibility index (Phi) is 4.98. The normalized spacial score (nSPS) is 12.0. The van der Waals surface area contributed by atoms with Crippen LogP contribution in [0.4, 0.5) is 5.69 Å². The number of rotatable bonds is 5. The number of para-hydroxylation sites is 1. The Balaban J connectivity index is 1.74. The Labute approximate surface area is 147 Å². The van der Waals surface area contributed by atoms with E-state index in [-0.39, 0.29) is 5.91 Å². The largest absolute Gasteiger partial charge is 0.481 e. The van der Waals surface area contributed by atoms with Gasteiger partial charge in [0.15, 0.2) is 6.10 Å². The number of hydrogen-bond donors (Lipinski definition) is 1. The minimum Gasteiger partial charge on any atom is -0.481 e. The smallest absolute Gasteiger partial charge is 0.265 e. The summed E-state index contributed by atoms with van der Waals surface area (Å²) in [6, 6.07) is 17.5. The summed E-state index contributed by atoms with van der Waals surface area (Å²) in [5.74, 6) is 0.488. The van der Waals surface area contributed by atoms with Crippen molar-refractivity contribution in [3.8, 4) is 5.75 Å². The average molecular weight is 334 g/mol. The van der Waals surface area contributed by atoms with Crippen molar-refractivity contribution in [3.05, 3.63) is 65.9 Å². The molecule has 0 spiro atoms. The second-order valence-electron chi connectivity index (χ2n) is 6.08. The van der Waals surface area contributed by atoms with Crippen LogP contribution >= 0.6 is 0 Å². The Morgan fingerprint density at radius 3 is 2.60 bits per heavy atom. The summed E-state index contributed by atoms with van der Waals surface area (Å²) < 4.78 is 5.75. The van der Waals surface area contributed by atoms with E-state index < -0.39 is 6.10 Å². The molecule has 3 rings (SSSR count). The van der Waals surface area contributed by atoms with Crippen molar-refractivity contribution in [1.29, 1.82) is 0 Å². The van der Waals surface area contributed by atoms with Crippen LogP contribution in [0.15, 0.2) is 54.6 Å². The maximum atomic E-state index is 12.5. The monoisotopic (exact) mass is 334 g/mol. The molecule has 128 valence electrons. The number of aromatic nitrogens is 1. The van der Waals surface area contributed by atoms with Gasteiger partial charge in [0.1, 0.15) is 5.75 Å². The Hall–Kier alpha value is -2.88. The quantitative estimate of drug-likeness (QED) is 0.747. The molecule has 0 aliphatic heterocycles. The fraction of sp³-hybridized carbons (Fsp3) is 0.238. The molecule has 1 atom stereocenters. The van der Waals surface area contributed by atoms with Crippen LogP contribution in [0.25, 0.3) is 10.9 Å². The van der Waals surface area contributed by atoms with Gasteiger partial charge in [0.05, 0.1) is 11.2 Å². The van der Waals surface area contributed by atoms with Gasteiger partial charge in [-0.3, -0.25) is 9.78 Å². The number of anilines is 1. The van der Waals surface area contributed by atoms with Crippen molar-refractivity contribution < 1.29 is 9.53 Å². The highest BCUT2D eigenvalue weighted by molar-refractivity contribution is 6.01. The van der Waals surface area contributed by atoms with Gasteiger partial charge in [-0.1, -0.05) is 37.3 Å². The summed E-state index contributed by atoms with van der Waals surface area (Å²) in [6.45, 7) is 5.78. The molecule has 1 N–H and O–H groups in total. The molecule has 0 saturated carbocycles. The van der Waals surface area contributed by atoms with Crippen LogP contribution in [0, 0.1) is 6.92 Å². The molecule has 4 nitrogen and oxygen atoms in total. The molecule has 4 heteroatoms. The lowest BCUT2D eigenvalue weighted by Gasteiger charge is -2.16. The molecule has 0 saturated heterocycles. The number of ether oxygens (including phenoxy) is 1. The molecule has 1 aromatic heterocycles. The van der Waals surface area contributed by atoms with Crippen LogP contribution < -0.4 is 10.1 Å². The number of nitrogens with one attached hydrogen (secondary N) is 1. The van der Waals surface area contributed by atoms with E-state index in [1.54, 1.807) is 6.92 Å². The highest BCUT2D eigenvalue weighted by Gasteiger charge is 2.16. The standard InChI is InChI=1S/C21H22N2O2/c1-4-16-9-12-18(13-10-16)25-15(3)21(24)23-19-7-5-6-17-11-8-14(2)22-20(17)19/h5-13,15H,4H2,1-3H3,(H,23,24)/t15-/m0/s1. The van der Waals surface area contributed by atoms with Crippen LogP contribution in [0.5, 0.6) is 5.75 Å². The van der Waals surface area contributed by atoms with Gasteiger partial charge in [-0.2, -0.15) is 0 Å². The lowest BCUT2D eigenvalue weighted by atomic mass is 10.1. The van der Waals surface area contributed by atoms with Gasteiger partial charge in [0.25, 0.3) is 5.91 Å². The summed E-state index contributed by atoms with van der Waals surface area (Å²) in [4.78, 5) is 17.0. The molecule has 0 radical (unpaired) electrons. The topological polar surface area (TPSA) is 51.2 Å². The minimum atomic E-state index is -0.604. The third kappa shape index (κ3) is 3.97. The molecule has 0 fully saturated rings. The Morgan fingerprint density at radius 2 is 1.88 bits per heavy atom. The predicted molar refractivity (Wildman–Crippen MR) is 101 cm³/mol. The molecule has 3 aromatic rings. The predicted octanol–water partition coefficient (Wildman–Crippen LogP) is 4.51. The van der Waals surface area contributed by atoms with E-state index in [1.807, 2.05) is 61.5 Å². The minimum absolute atomic E-state index is 0.199. The van der Waals surface area contributed by atoms with E-state index >= 15 is 0 Å². The number of fused-ring (bicyclic) bond motifs is 1. The van der Waals surface area contributed by atoms with Crippen molar-refractivity contribution in [2.45, 2.75) is 33.3 Å². The molecule has 0 aliphatic rings. The summed E-state index contributed by atoms with van der Waals surface area (Å²) >= 11 is 0. The third-order valence-corrected chi connectivity index (χ3v) is 4.13. The first-order chi connectivity index (χ1) is 12.1. The average Bonchev–Trinajstić information content (AvgIpc) is 2.62. The number of carbonyl (C=O) groups excluding carboxylic acids is 1. The van der Waals surface area contributed by atoms with Gasteiger partial charge in [0, 0.05) is 11.1 Å². The molecule has 0 aliphatic carbocycles. The molecule has 0 bridgehead atoms. The summed E-state index contributed by atoms with van der Waals surface area (Å²) in [5, 5.41) is 3.92. The first-order valence-corrected chi connectivity index (χ1v) is 8.49. The van der Waals surface area contributed by atoms with Crippen LogP contribution in [0.1, 0.15) is 25.1 Å². The fourth-order valence-electron chi connectivity index (χ4n) is 2.64. The zero-order valence-corrected chi connectivity index (χ0v) is 14.7. The van der Waals surface area contributed by atoms with Crippen molar-refractivity contribution in [2.75, 3.05) is 5.32 Å². The third-order valence-electron chi connectivity index (χ3n) is 4.13. The van der Waals surface area contributed by atoms with Crippen molar-refractivity contribution in [2.24, 2.45) is 0 Å². The first-order valence-electron chi connectivity index (χ1n) is 8.49. The molecular weight excluding hydrogens is 312 g/mol. The highest BCUT2D eigenvalue weighted by Crippen LogP contribution is 2.22. The van der Waals surface area contributed by atoms with Gasteiger partial charge in [0.2, 0.25) is 0 Å². The zero-order valence-electron chi connectivity index (χ0n) is 14.7. The van der Waals surface area contributed by atoms with E-state index in [0.717, 1.165) is 23.0 Å². The molecular formula is C21H22N2O2. The fourth-order valence-corrected chi connectivity index (χ4v) is 2.64. The van der Waals surface area contributed by atoms with Crippen LogP contribution in [-0.4, -0.2) is 17.0 Å². The zero-order chi connectivity index (χ0) is 17.8. The maximum absolute atomic E-state index is 12.5. The highest BCUT2D eigenvalue weighted by atomic mass is 16.5. The van der Waals surface area contributed by atoms with Crippen LogP contribution in [-0.2, 0) is 11.2 Å². The van der Waals surface area contributed by atoms with E-state index in [9.17, 15) is 4.79 Å². The maximum Gasteiger partial charge on any atom is 0.265 e. The Bertz CT molecular complexity index is 888. The van der Waals surface area contributed by atoms with Gasteiger partial charge >= 0.3 is 0 Å². The van der Waals surface area contributed by atoms with E-state index in [4.69, 9.17) is 4.74 Å². The van der Waals surface area contributed by atoms with E-state index in [1.165, 1.54) is 5.56 Å². The van der Waals surface area contributed by atoms with Crippen molar-refractivity contribution in [3.63, 3.8) is 0 Å². The number of hydrogen-bond acceptors (Lipinski definition) is 3. The number of carbonyl (C=O) groups is 1. The number of pyridine rings is 1. The first kappa shape index (κ1) is 17.0. The van der Waals surface area contributed by atoms with Crippen LogP contribution in [0.3, 0.4) is 0 Å². The number of amides is 1. The number of nitrogens with zero attached hydrogens (tertiary/aromatic N) is 1. The van der Waals surface area contributed by atoms with Crippen molar-refractivity contribution in [1.82, 2.24) is 4.98 Å². The van der Waals surface area contributed by atoms with Gasteiger partial charge in [-0.15, -0.1) is 0 Å². The van der Waals surface area contributed by atoms with Gasteiger partial charge in [-0.05, 0) is 50.1 Å². The number of benzene rings is 2. The summed E-state index contributed by atoms with van der Waals surface area (Å²) in [6.07, 6.45) is 0.372. The SMILES string of the molecule is CCc1ccc(O[C@@H](C)C(=O)Nc2cccc3ccc(C)nc23)cc1. The second kappa shape index (κ2) is 7.34. The van der Waals surface area contributed by atoms with Gasteiger partial charge < -0.3 is 10.1 Å².